The monoisotopic (exact) mass is 334 g/mol. The zero-order valence-corrected chi connectivity index (χ0v) is 13.7. The van der Waals surface area contributed by atoms with Crippen molar-refractivity contribution in [2.75, 3.05) is 33.4 Å². The van der Waals surface area contributed by atoms with E-state index in [-0.39, 0.29) is 18.4 Å². The van der Waals surface area contributed by atoms with Crippen molar-refractivity contribution in [3.05, 3.63) is 35.4 Å². The highest BCUT2D eigenvalue weighted by Gasteiger charge is 2.20. The summed E-state index contributed by atoms with van der Waals surface area (Å²) in [5.74, 6) is -0.761. The fourth-order valence-corrected chi connectivity index (χ4v) is 2.40. The first kappa shape index (κ1) is 17.9. The molecule has 130 valence electrons. The predicted molar refractivity (Wildman–Crippen MR) is 86.3 cm³/mol. The van der Waals surface area contributed by atoms with Gasteiger partial charge in [0.05, 0.1) is 12.2 Å². The first-order chi connectivity index (χ1) is 11.6. The number of carbonyl (C=O) groups is 3. The maximum atomic E-state index is 11.9. The van der Waals surface area contributed by atoms with Crippen molar-refractivity contribution in [1.29, 1.82) is 0 Å². The van der Waals surface area contributed by atoms with Gasteiger partial charge in [0.15, 0.2) is 6.61 Å². The second-order valence-corrected chi connectivity index (χ2v) is 5.53. The highest BCUT2D eigenvalue weighted by Crippen LogP contribution is 2.15. The molecule has 1 heterocycles. The molecule has 7 nitrogen and oxygen atoms in total. The molecule has 0 aromatic heterocycles. The van der Waals surface area contributed by atoms with Crippen molar-refractivity contribution in [3.63, 3.8) is 0 Å². The summed E-state index contributed by atoms with van der Waals surface area (Å²) in [5, 5.41) is 2.57. The first-order valence-corrected chi connectivity index (χ1v) is 7.89. The molecule has 1 aromatic rings. The SMILES string of the molecule is COCCNC(=O)COC(=O)c1ccc(CN2CCCC2=O)cc1. The van der Waals surface area contributed by atoms with Crippen molar-refractivity contribution in [2.24, 2.45) is 0 Å². The van der Waals surface area contributed by atoms with E-state index in [1.54, 1.807) is 29.2 Å². The molecular weight excluding hydrogens is 312 g/mol. The number of ether oxygens (including phenoxy) is 2. The van der Waals surface area contributed by atoms with Crippen LogP contribution in [-0.2, 0) is 25.6 Å². The van der Waals surface area contributed by atoms with Gasteiger partial charge >= 0.3 is 5.97 Å². The Morgan fingerprint density at radius 2 is 2.00 bits per heavy atom. The lowest BCUT2D eigenvalue weighted by molar-refractivity contribution is -0.128. The van der Waals surface area contributed by atoms with Crippen LogP contribution in [0.15, 0.2) is 24.3 Å². The quantitative estimate of drug-likeness (QED) is 0.559. The number of carbonyl (C=O) groups excluding carboxylic acids is 3. The number of nitrogens with zero attached hydrogens (tertiary/aromatic N) is 1. The maximum absolute atomic E-state index is 11.9. The lowest BCUT2D eigenvalue weighted by atomic mass is 10.1. The molecule has 7 heteroatoms. The Labute approximate surface area is 140 Å². The highest BCUT2D eigenvalue weighted by molar-refractivity contribution is 5.91. The van der Waals surface area contributed by atoms with Crippen molar-refractivity contribution in [1.82, 2.24) is 10.2 Å². The molecule has 1 aliphatic rings. The van der Waals surface area contributed by atoms with Crippen LogP contribution in [0.1, 0.15) is 28.8 Å². The Hall–Kier alpha value is -2.41. The lowest BCUT2D eigenvalue weighted by Gasteiger charge is -2.15. The number of nitrogens with one attached hydrogen (secondary N) is 1. The van der Waals surface area contributed by atoms with Crippen LogP contribution in [0.2, 0.25) is 0 Å². The van der Waals surface area contributed by atoms with Gasteiger partial charge in [0.2, 0.25) is 5.91 Å². The molecule has 0 saturated carbocycles. The van der Waals surface area contributed by atoms with E-state index < -0.39 is 5.97 Å². The Bertz CT molecular complexity index is 585. The van der Waals surface area contributed by atoms with Gasteiger partial charge in [0.25, 0.3) is 5.91 Å². The van der Waals surface area contributed by atoms with Crippen molar-refractivity contribution in [3.8, 4) is 0 Å². The zero-order valence-electron chi connectivity index (χ0n) is 13.7. The second-order valence-electron chi connectivity index (χ2n) is 5.53. The Morgan fingerprint density at radius 3 is 2.62 bits per heavy atom. The molecule has 1 aromatic carbocycles. The normalized spacial score (nSPS) is 13.9. The van der Waals surface area contributed by atoms with Crippen LogP contribution in [0.4, 0.5) is 0 Å². The molecule has 1 aliphatic heterocycles. The van der Waals surface area contributed by atoms with E-state index in [1.807, 2.05) is 0 Å². The smallest absolute Gasteiger partial charge is 0.338 e. The number of amides is 2. The van der Waals surface area contributed by atoms with E-state index in [9.17, 15) is 14.4 Å². The van der Waals surface area contributed by atoms with Gasteiger partial charge in [-0.05, 0) is 24.1 Å². The molecule has 0 aliphatic carbocycles. The van der Waals surface area contributed by atoms with Gasteiger partial charge in [-0.3, -0.25) is 9.59 Å². The molecule has 2 amide bonds. The Morgan fingerprint density at radius 1 is 1.25 bits per heavy atom. The standard InChI is InChI=1S/C17H22N2O5/c1-23-10-8-18-15(20)12-24-17(22)14-6-4-13(5-7-14)11-19-9-2-3-16(19)21/h4-7H,2-3,8-12H2,1H3,(H,18,20). The van der Waals surface area contributed by atoms with Crippen molar-refractivity contribution in [2.45, 2.75) is 19.4 Å². The van der Waals surface area contributed by atoms with Crippen molar-refractivity contribution >= 4 is 17.8 Å². The molecule has 1 fully saturated rings. The third-order valence-electron chi connectivity index (χ3n) is 3.70. The van der Waals surface area contributed by atoms with Crippen LogP contribution < -0.4 is 5.32 Å². The minimum absolute atomic E-state index is 0.165. The van der Waals surface area contributed by atoms with Crippen LogP contribution >= 0.6 is 0 Å². The second kappa shape index (κ2) is 9.02. The Kier molecular flexibility index (Phi) is 6.74. The number of likely N-dealkylation sites (tertiary alicyclic amines) is 1. The van der Waals surface area contributed by atoms with E-state index in [1.165, 1.54) is 7.11 Å². The zero-order chi connectivity index (χ0) is 17.4. The summed E-state index contributed by atoms with van der Waals surface area (Å²) in [4.78, 5) is 36.8. The molecule has 0 atom stereocenters. The van der Waals surface area contributed by atoms with E-state index in [4.69, 9.17) is 9.47 Å². The largest absolute Gasteiger partial charge is 0.452 e. The molecule has 0 unspecified atom stereocenters. The molecular formula is C17H22N2O5. The average Bonchev–Trinajstić information content (AvgIpc) is 2.98. The fraction of sp³-hybridized carbons (Fsp3) is 0.471. The topological polar surface area (TPSA) is 84.9 Å². The summed E-state index contributed by atoms with van der Waals surface area (Å²) < 4.78 is 9.76. The summed E-state index contributed by atoms with van der Waals surface area (Å²) in [5.41, 5.74) is 1.33. The summed E-state index contributed by atoms with van der Waals surface area (Å²) in [7, 11) is 1.54. The third-order valence-corrected chi connectivity index (χ3v) is 3.70. The summed E-state index contributed by atoms with van der Waals surface area (Å²) in [6.07, 6.45) is 1.51. The predicted octanol–water partition coefficient (Wildman–Crippen LogP) is 0.728. The van der Waals surface area contributed by atoms with Crippen LogP contribution in [0.5, 0.6) is 0 Å². The van der Waals surface area contributed by atoms with Gasteiger partial charge in [-0.25, -0.2) is 4.79 Å². The number of benzene rings is 1. The van der Waals surface area contributed by atoms with Gasteiger partial charge in [-0.1, -0.05) is 12.1 Å². The van der Waals surface area contributed by atoms with Gasteiger partial charge in [0.1, 0.15) is 0 Å². The average molecular weight is 334 g/mol. The van der Waals surface area contributed by atoms with Crippen LogP contribution in [0.25, 0.3) is 0 Å². The minimum atomic E-state index is -0.555. The third kappa shape index (κ3) is 5.34. The van der Waals surface area contributed by atoms with Gasteiger partial charge < -0.3 is 19.7 Å². The van der Waals surface area contributed by atoms with Crippen LogP contribution in [-0.4, -0.2) is 56.1 Å². The minimum Gasteiger partial charge on any atom is -0.452 e. The number of hydrogen-bond acceptors (Lipinski definition) is 5. The van der Waals surface area contributed by atoms with Gasteiger partial charge in [-0.15, -0.1) is 0 Å². The highest BCUT2D eigenvalue weighted by atomic mass is 16.5. The molecule has 0 bridgehead atoms. The lowest BCUT2D eigenvalue weighted by Crippen LogP contribution is -2.31. The van der Waals surface area contributed by atoms with E-state index in [2.05, 4.69) is 5.32 Å². The van der Waals surface area contributed by atoms with Crippen LogP contribution in [0, 0.1) is 0 Å². The van der Waals surface area contributed by atoms with Gasteiger partial charge in [-0.2, -0.15) is 0 Å². The van der Waals surface area contributed by atoms with E-state index in [0.717, 1.165) is 18.5 Å². The number of rotatable bonds is 8. The molecule has 1 saturated heterocycles. The summed E-state index contributed by atoms with van der Waals surface area (Å²) >= 11 is 0. The van der Waals surface area contributed by atoms with E-state index >= 15 is 0 Å². The number of esters is 1. The summed E-state index contributed by atoms with van der Waals surface area (Å²) in [6.45, 7) is 1.78. The fourth-order valence-electron chi connectivity index (χ4n) is 2.40. The molecule has 24 heavy (non-hydrogen) atoms. The number of hydrogen-bond donors (Lipinski definition) is 1. The van der Waals surface area contributed by atoms with Crippen LogP contribution in [0.3, 0.4) is 0 Å². The number of methoxy groups -OCH3 is 1. The summed E-state index contributed by atoms with van der Waals surface area (Å²) in [6, 6.07) is 6.86. The first-order valence-electron chi connectivity index (χ1n) is 7.89. The molecule has 0 spiro atoms. The maximum Gasteiger partial charge on any atom is 0.338 e. The Balaban J connectivity index is 1.78. The molecule has 0 radical (unpaired) electrons. The molecule has 1 N–H and O–H groups in total. The molecule has 2 rings (SSSR count). The van der Waals surface area contributed by atoms with Crippen molar-refractivity contribution < 1.29 is 23.9 Å². The van der Waals surface area contributed by atoms with Gasteiger partial charge in [0, 0.05) is 33.2 Å². The van der Waals surface area contributed by atoms with E-state index in [0.29, 0.717) is 31.7 Å².